The molecule has 3 N–H and O–H groups in total. The minimum Gasteiger partial charge on any atom is -0.389 e. The van der Waals surface area contributed by atoms with Crippen molar-refractivity contribution in [2.24, 2.45) is 5.73 Å². The number of thiophene rings is 1. The standard InChI is InChI=1S/C12H8Cl2N2OS2/c13-7-3-4-19-10(7)12(17)16-9-2-1-6(11(15)18)5-8(9)14/h1-5H,(H2,15,18)(H,16,17). The lowest BCUT2D eigenvalue weighted by atomic mass is 10.2. The Bertz CT molecular complexity index is 655. The van der Waals surface area contributed by atoms with E-state index >= 15 is 0 Å². The average molecular weight is 331 g/mol. The van der Waals surface area contributed by atoms with E-state index in [2.05, 4.69) is 5.32 Å². The Morgan fingerprint density at radius 2 is 2.00 bits per heavy atom. The summed E-state index contributed by atoms with van der Waals surface area (Å²) in [7, 11) is 0. The maximum absolute atomic E-state index is 12.0. The summed E-state index contributed by atoms with van der Waals surface area (Å²) >= 11 is 18.1. The van der Waals surface area contributed by atoms with Crippen LogP contribution in [0.2, 0.25) is 10.0 Å². The molecular formula is C12H8Cl2N2OS2. The van der Waals surface area contributed by atoms with Gasteiger partial charge in [0.15, 0.2) is 0 Å². The number of carbonyl (C=O) groups is 1. The lowest BCUT2D eigenvalue weighted by Gasteiger charge is -2.08. The number of hydrogen-bond donors (Lipinski definition) is 2. The zero-order chi connectivity index (χ0) is 14.0. The third kappa shape index (κ3) is 3.25. The van der Waals surface area contributed by atoms with Gasteiger partial charge >= 0.3 is 0 Å². The van der Waals surface area contributed by atoms with Crippen LogP contribution in [0.1, 0.15) is 15.2 Å². The molecule has 1 heterocycles. The average Bonchev–Trinajstić information content (AvgIpc) is 2.77. The lowest BCUT2D eigenvalue weighted by Crippen LogP contribution is -2.12. The molecule has 0 aliphatic heterocycles. The summed E-state index contributed by atoms with van der Waals surface area (Å²) in [5.41, 5.74) is 6.63. The van der Waals surface area contributed by atoms with Gasteiger partial charge in [-0.3, -0.25) is 4.79 Å². The fraction of sp³-hybridized carbons (Fsp3) is 0. The first-order valence-electron chi connectivity index (χ1n) is 5.12. The van der Waals surface area contributed by atoms with Crippen molar-refractivity contribution in [3.8, 4) is 0 Å². The minimum absolute atomic E-state index is 0.251. The molecule has 0 radical (unpaired) electrons. The maximum atomic E-state index is 12.0. The highest BCUT2D eigenvalue weighted by atomic mass is 35.5. The Hall–Kier alpha value is -1.14. The first kappa shape index (κ1) is 14.3. The molecule has 7 heteroatoms. The molecule has 0 unspecified atom stereocenters. The number of rotatable bonds is 3. The van der Waals surface area contributed by atoms with E-state index in [-0.39, 0.29) is 10.9 Å². The van der Waals surface area contributed by atoms with Gasteiger partial charge in [-0.1, -0.05) is 35.4 Å². The molecule has 0 saturated carbocycles. The van der Waals surface area contributed by atoms with Crippen LogP contribution in [-0.4, -0.2) is 10.9 Å². The van der Waals surface area contributed by atoms with Crippen LogP contribution in [0.15, 0.2) is 29.6 Å². The van der Waals surface area contributed by atoms with Gasteiger partial charge in [0.1, 0.15) is 9.87 Å². The van der Waals surface area contributed by atoms with E-state index in [9.17, 15) is 4.79 Å². The van der Waals surface area contributed by atoms with Gasteiger partial charge in [0.25, 0.3) is 5.91 Å². The summed E-state index contributed by atoms with van der Waals surface area (Å²) in [6.07, 6.45) is 0. The van der Waals surface area contributed by atoms with E-state index in [1.165, 1.54) is 11.3 Å². The molecule has 2 aromatic rings. The van der Waals surface area contributed by atoms with Gasteiger partial charge in [-0.2, -0.15) is 0 Å². The van der Waals surface area contributed by atoms with Crippen LogP contribution in [0, 0.1) is 0 Å². The van der Waals surface area contributed by atoms with E-state index in [0.29, 0.717) is 26.2 Å². The van der Waals surface area contributed by atoms with Gasteiger partial charge in [0.2, 0.25) is 0 Å². The van der Waals surface area contributed by atoms with Gasteiger partial charge in [0, 0.05) is 5.56 Å². The van der Waals surface area contributed by atoms with Crippen molar-refractivity contribution in [3.05, 3.63) is 50.1 Å². The molecule has 3 nitrogen and oxygen atoms in total. The predicted octanol–water partition coefficient (Wildman–Crippen LogP) is 3.94. The first-order valence-corrected chi connectivity index (χ1v) is 7.17. The second-order valence-corrected chi connectivity index (χ2v) is 5.78. The molecular weight excluding hydrogens is 323 g/mol. The number of carbonyl (C=O) groups excluding carboxylic acids is 1. The number of halogens is 2. The highest BCUT2D eigenvalue weighted by Crippen LogP contribution is 2.27. The second-order valence-electron chi connectivity index (χ2n) is 3.61. The molecule has 1 amide bonds. The Balaban J connectivity index is 2.23. The van der Waals surface area contributed by atoms with Crippen LogP contribution in [0.5, 0.6) is 0 Å². The quantitative estimate of drug-likeness (QED) is 0.838. The molecule has 98 valence electrons. The molecule has 19 heavy (non-hydrogen) atoms. The van der Waals surface area contributed by atoms with E-state index < -0.39 is 0 Å². The van der Waals surface area contributed by atoms with Gasteiger partial charge in [0.05, 0.1) is 15.7 Å². The molecule has 0 saturated heterocycles. The molecule has 0 atom stereocenters. The van der Waals surface area contributed by atoms with Crippen molar-refractivity contribution < 1.29 is 4.79 Å². The highest BCUT2D eigenvalue weighted by Gasteiger charge is 2.13. The zero-order valence-electron chi connectivity index (χ0n) is 9.44. The number of anilines is 1. The molecule has 0 fully saturated rings. The number of amides is 1. The number of nitrogens with two attached hydrogens (primary N) is 1. The minimum atomic E-state index is -0.301. The van der Waals surface area contributed by atoms with Gasteiger partial charge in [-0.05, 0) is 29.6 Å². The fourth-order valence-electron chi connectivity index (χ4n) is 1.40. The molecule has 1 aromatic carbocycles. The van der Waals surface area contributed by atoms with Crippen LogP contribution >= 0.6 is 46.8 Å². The summed E-state index contributed by atoms with van der Waals surface area (Å²) in [5, 5.41) is 5.22. The van der Waals surface area contributed by atoms with Crippen LogP contribution in [0.25, 0.3) is 0 Å². The fourth-order valence-corrected chi connectivity index (χ4v) is 2.80. The molecule has 2 rings (SSSR count). The van der Waals surface area contributed by atoms with E-state index in [4.69, 9.17) is 41.2 Å². The molecule has 0 aliphatic rings. The Kier molecular flexibility index (Phi) is 4.42. The van der Waals surface area contributed by atoms with Crippen molar-refractivity contribution in [2.45, 2.75) is 0 Å². The summed E-state index contributed by atoms with van der Waals surface area (Å²) in [4.78, 5) is 12.7. The predicted molar refractivity (Wildman–Crippen MR) is 84.6 cm³/mol. The summed E-state index contributed by atoms with van der Waals surface area (Å²) in [6, 6.07) is 6.62. The normalized spacial score (nSPS) is 10.2. The van der Waals surface area contributed by atoms with Crippen molar-refractivity contribution in [1.82, 2.24) is 0 Å². The lowest BCUT2D eigenvalue weighted by molar-refractivity contribution is 0.103. The van der Waals surface area contributed by atoms with Gasteiger partial charge in [-0.25, -0.2) is 0 Å². The van der Waals surface area contributed by atoms with Crippen molar-refractivity contribution >= 4 is 63.3 Å². The van der Waals surface area contributed by atoms with Crippen LogP contribution < -0.4 is 11.1 Å². The molecule has 0 aliphatic carbocycles. The van der Waals surface area contributed by atoms with Crippen molar-refractivity contribution in [2.75, 3.05) is 5.32 Å². The molecule has 1 aromatic heterocycles. The van der Waals surface area contributed by atoms with Crippen molar-refractivity contribution in [3.63, 3.8) is 0 Å². The number of hydrogen-bond acceptors (Lipinski definition) is 3. The third-order valence-corrected chi connectivity index (χ3v) is 4.21. The topological polar surface area (TPSA) is 55.1 Å². The Morgan fingerprint density at radius 1 is 1.26 bits per heavy atom. The van der Waals surface area contributed by atoms with Crippen molar-refractivity contribution in [1.29, 1.82) is 0 Å². The van der Waals surface area contributed by atoms with E-state index in [0.717, 1.165) is 0 Å². The van der Waals surface area contributed by atoms with E-state index in [1.807, 2.05) is 0 Å². The molecule has 0 spiro atoms. The summed E-state index contributed by atoms with van der Waals surface area (Å²) < 4.78 is 0. The van der Waals surface area contributed by atoms with Crippen LogP contribution in [-0.2, 0) is 0 Å². The second kappa shape index (κ2) is 5.88. The SMILES string of the molecule is NC(=S)c1ccc(NC(=O)c2sccc2Cl)c(Cl)c1. The number of benzene rings is 1. The third-order valence-electron chi connectivity index (χ3n) is 2.33. The summed E-state index contributed by atoms with van der Waals surface area (Å²) in [6.45, 7) is 0. The van der Waals surface area contributed by atoms with Gasteiger partial charge < -0.3 is 11.1 Å². The highest BCUT2D eigenvalue weighted by molar-refractivity contribution is 7.80. The Labute approximate surface area is 129 Å². The first-order chi connectivity index (χ1) is 8.99. The molecule has 0 bridgehead atoms. The Morgan fingerprint density at radius 3 is 2.53 bits per heavy atom. The maximum Gasteiger partial charge on any atom is 0.267 e. The zero-order valence-corrected chi connectivity index (χ0v) is 12.6. The van der Waals surface area contributed by atoms with E-state index in [1.54, 1.807) is 29.6 Å². The number of thiocarbonyl (C=S) groups is 1. The monoisotopic (exact) mass is 330 g/mol. The van der Waals surface area contributed by atoms with Crippen LogP contribution in [0.4, 0.5) is 5.69 Å². The summed E-state index contributed by atoms with van der Waals surface area (Å²) in [5.74, 6) is -0.301. The largest absolute Gasteiger partial charge is 0.389 e. The number of nitrogens with one attached hydrogen (secondary N) is 1. The smallest absolute Gasteiger partial charge is 0.267 e. The van der Waals surface area contributed by atoms with Gasteiger partial charge in [-0.15, -0.1) is 11.3 Å². The van der Waals surface area contributed by atoms with Crippen LogP contribution in [0.3, 0.4) is 0 Å².